The highest BCUT2D eigenvalue weighted by Gasteiger charge is 2.25. The van der Waals surface area contributed by atoms with Gasteiger partial charge in [0.25, 0.3) is 11.8 Å². The zero-order valence-electron chi connectivity index (χ0n) is 12.5. The summed E-state index contributed by atoms with van der Waals surface area (Å²) < 4.78 is 5.00. The van der Waals surface area contributed by atoms with E-state index >= 15 is 0 Å². The molecule has 0 fully saturated rings. The number of hydrazine groups is 1. The number of furan rings is 1. The van der Waals surface area contributed by atoms with Crippen molar-refractivity contribution in [2.75, 3.05) is 6.54 Å². The molecule has 1 heterocycles. The number of carbonyl (C=O) groups is 2. The molecule has 0 saturated heterocycles. The summed E-state index contributed by atoms with van der Waals surface area (Å²) >= 11 is 4.96. The van der Waals surface area contributed by atoms with Gasteiger partial charge in [0.15, 0.2) is 10.9 Å². The van der Waals surface area contributed by atoms with Crippen LogP contribution < -0.4 is 21.5 Å². The van der Waals surface area contributed by atoms with E-state index in [-0.39, 0.29) is 16.8 Å². The van der Waals surface area contributed by atoms with Gasteiger partial charge in [0.1, 0.15) is 6.04 Å². The van der Waals surface area contributed by atoms with Crippen molar-refractivity contribution in [1.29, 1.82) is 0 Å². The summed E-state index contributed by atoms with van der Waals surface area (Å²) in [7, 11) is 0. The summed E-state index contributed by atoms with van der Waals surface area (Å²) in [4.78, 5) is 24.1. The Bertz CT molecular complexity index is 528. The fourth-order valence-electron chi connectivity index (χ4n) is 1.56. The first-order valence-corrected chi connectivity index (χ1v) is 7.15. The van der Waals surface area contributed by atoms with Gasteiger partial charge in [-0.05, 0) is 30.3 Å². The van der Waals surface area contributed by atoms with E-state index in [1.54, 1.807) is 12.1 Å². The molecular formula is C14H20N4O3S. The Kier molecular flexibility index (Phi) is 7.11. The van der Waals surface area contributed by atoms with Crippen molar-refractivity contribution in [2.24, 2.45) is 5.92 Å². The summed E-state index contributed by atoms with van der Waals surface area (Å²) in [6, 6.07) is 2.40. The Balaban J connectivity index is 2.55. The predicted octanol–water partition coefficient (Wildman–Crippen LogP) is 0.715. The second-order valence-corrected chi connectivity index (χ2v) is 5.19. The van der Waals surface area contributed by atoms with Gasteiger partial charge in [0.2, 0.25) is 0 Å². The van der Waals surface area contributed by atoms with E-state index in [9.17, 15) is 9.59 Å². The van der Waals surface area contributed by atoms with Gasteiger partial charge in [0.05, 0.1) is 6.26 Å². The zero-order chi connectivity index (χ0) is 16.5. The van der Waals surface area contributed by atoms with Crippen LogP contribution in [-0.4, -0.2) is 29.5 Å². The quantitative estimate of drug-likeness (QED) is 0.350. The fourth-order valence-corrected chi connectivity index (χ4v) is 1.69. The highest BCUT2D eigenvalue weighted by Crippen LogP contribution is 2.05. The third-order valence-electron chi connectivity index (χ3n) is 2.69. The molecule has 0 aliphatic carbocycles. The molecule has 1 atom stereocenters. The average Bonchev–Trinajstić information content (AvgIpc) is 3.01. The lowest BCUT2D eigenvalue weighted by Gasteiger charge is -2.21. The van der Waals surface area contributed by atoms with Crippen LogP contribution >= 0.6 is 12.2 Å². The van der Waals surface area contributed by atoms with Crippen molar-refractivity contribution in [1.82, 2.24) is 21.5 Å². The highest BCUT2D eigenvalue weighted by molar-refractivity contribution is 7.80. The van der Waals surface area contributed by atoms with Gasteiger partial charge in [0, 0.05) is 6.54 Å². The van der Waals surface area contributed by atoms with Gasteiger partial charge in [-0.2, -0.15) is 0 Å². The normalized spacial score (nSPS) is 11.4. The maximum Gasteiger partial charge on any atom is 0.287 e. The molecule has 1 rings (SSSR count). The molecule has 120 valence electrons. The molecule has 0 bridgehead atoms. The van der Waals surface area contributed by atoms with Crippen LogP contribution in [0.5, 0.6) is 0 Å². The van der Waals surface area contributed by atoms with E-state index in [0.717, 1.165) is 0 Å². The second kappa shape index (κ2) is 8.83. The number of nitrogens with one attached hydrogen (secondary N) is 4. The standard InChI is InChI=1S/C14H20N4O3S/c1-4-7-15-14(22)18-17-13(20)11(9(2)3)16-12(19)10-6-5-8-21-10/h4-6,8-9,11H,1,7H2,2-3H3,(H,16,19)(H,17,20)(H2,15,18,22). The lowest BCUT2D eigenvalue weighted by atomic mass is 10.0. The van der Waals surface area contributed by atoms with Gasteiger partial charge >= 0.3 is 0 Å². The highest BCUT2D eigenvalue weighted by atomic mass is 32.1. The van der Waals surface area contributed by atoms with Crippen LogP contribution in [0.25, 0.3) is 0 Å². The maximum absolute atomic E-state index is 12.1. The molecule has 0 aliphatic rings. The van der Waals surface area contributed by atoms with Gasteiger partial charge in [-0.15, -0.1) is 6.58 Å². The third-order valence-corrected chi connectivity index (χ3v) is 2.93. The number of hydrogen-bond acceptors (Lipinski definition) is 4. The minimum atomic E-state index is -0.729. The Morgan fingerprint density at radius 1 is 1.41 bits per heavy atom. The molecule has 0 radical (unpaired) electrons. The largest absolute Gasteiger partial charge is 0.459 e. The lowest BCUT2D eigenvalue weighted by Crippen LogP contribution is -2.55. The molecule has 7 nitrogen and oxygen atoms in total. The van der Waals surface area contributed by atoms with Crippen LogP contribution in [0.2, 0.25) is 0 Å². The van der Waals surface area contributed by atoms with E-state index in [4.69, 9.17) is 16.6 Å². The summed E-state index contributed by atoms with van der Waals surface area (Å²) in [6.07, 6.45) is 3.03. The van der Waals surface area contributed by atoms with Crippen LogP contribution in [-0.2, 0) is 4.79 Å². The van der Waals surface area contributed by atoms with Gasteiger partial charge in [-0.1, -0.05) is 19.9 Å². The first-order valence-electron chi connectivity index (χ1n) is 6.74. The minimum Gasteiger partial charge on any atom is -0.459 e. The average molecular weight is 324 g/mol. The second-order valence-electron chi connectivity index (χ2n) is 4.79. The van der Waals surface area contributed by atoms with Crippen molar-refractivity contribution in [3.63, 3.8) is 0 Å². The summed E-state index contributed by atoms with van der Waals surface area (Å²) in [5.41, 5.74) is 5.01. The van der Waals surface area contributed by atoms with Crippen LogP contribution in [0, 0.1) is 5.92 Å². The molecular weight excluding hydrogens is 304 g/mol. The van der Waals surface area contributed by atoms with Crippen LogP contribution in [0.4, 0.5) is 0 Å². The van der Waals surface area contributed by atoms with Gasteiger partial charge in [-0.25, -0.2) is 0 Å². The predicted molar refractivity (Wildman–Crippen MR) is 86.9 cm³/mol. The molecule has 1 aromatic rings. The van der Waals surface area contributed by atoms with E-state index < -0.39 is 17.9 Å². The van der Waals surface area contributed by atoms with Gasteiger partial charge < -0.3 is 15.1 Å². The van der Waals surface area contributed by atoms with Crippen molar-refractivity contribution in [3.8, 4) is 0 Å². The van der Waals surface area contributed by atoms with Crippen LogP contribution in [0.15, 0.2) is 35.5 Å². The fraction of sp³-hybridized carbons (Fsp3) is 0.357. The van der Waals surface area contributed by atoms with E-state index in [1.165, 1.54) is 12.3 Å². The number of thiocarbonyl (C=S) groups is 1. The van der Waals surface area contributed by atoms with Gasteiger partial charge in [-0.3, -0.25) is 20.4 Å². The molecule has 1 aromatic heterocycles. The monoisotopic (exact) mass is 324 g/mol. The van der Waals surface area contributed by atoms with Crippen LogP contribution in [0.1, 0.15) is 24.4 Å². The lowest BCUT2D eigenvalue weighted by molar-refractivity contribution is -0.124. The summed E-state index contributed by atoms with van der Waals surface area (Å²) in [5, 5.41) is 5.68. The Morgan fingerprint density at radius 3 is 2.68 bits per heavy atom. The number of rotatable bonds is 6. The molecule has 22 heavy (non-hydrogen) atoms. The molecule has 1 unspecified atom stereocenters. The molecule has 2 amide bonds. The number of amides is 2. The smallest absolute Gasteiger partial charge is 0.287 e. The third kappa shape index (κ3) is 5.57. The zero-order valence-corrected chi connectivity index (χ0v) is 13.3. The SMILES string of the molecule is C=CCNC(=S)NNC(=O)C(NC(=O)c1ccco1)C(C)C. The maximum atomic E-state index is 12.1. The topological polar surface area (TPSA) is 95.4 Å². The van der Waals surface area contributed by atoms with Crippen molar-refractivity contribution in [2.45, 2.75) is 19.9 Å². The molecule has 0 aliphatic heterocycles. The molecule has 8 heteroatoms. The van der Waals surface area contributed by atoms with E-state index in [1.807, 2.05) is 13.8 Å². The van der Waals surface area contributed by atoms with Crippen LogP contribution in [0.3, 0.4) is 0 Å². The number of hydrogen-bond donors (Lipinski definition) is 4. The summed E-state index contributed by atoms with van der Waals surface area (Å²) in [6.45, 7) is 7.66. The van der Waals surface area contributed by atoms with E-state index in [2.05, 4.69) is 28.1 Å². The van der Waals surface area contributed by atoms with Crippen molar-refractivity contribution < 1.29 is 14.0 Å². The van der Waals surface area contributed by atoms with E-state index in [0.29, 0.717) is 6.54 Å². The van der Waals surface area contributed by atoms with Crippen molar-refractivity contribution >= 4 is 29.1 Å². The molecule has 0 aromatic carbocycles. The summed E-state index contributed by atoms with van der Waals surface area (Å²) in [5.74, 6) is -0.825. The van der Waals surface area contributed by atoms with Crippen molar-refractivity contribution in [3.05, 3.63) is 36.8 Å². The first kappa shape index (κ1) is 17.7. The number of carbonyl (C=O) groups excluding carboxylic acids is 2. The first-order chi connectivity index (χ1) is 10.5. The Labute approximate surface area is 134 Å². The Hall–Kier alpha value is -2.35. The molecule has 4 N–H and O–H groups in total. The molecule has 0 saturated carbocycles. The minimum absolute atomic E-state index is 0.115. The Morgan fingerprint density at radius 2 is 2.14 bits per heavy atom. The molecule has 0 spiro atoms.